The van der Waals surface area contributed by atoms with Gasteiger partial charge in [0.1, 0.15) is 5.75 Å². The van der Waals surface area contributed by atoms with E-state index in [1.54, 1.807) is 19.2 Å². The number of methoxy groups -OCH3 is 1. The van der Waals surface area contributed by atoms with Gasteiger partial charge in [-0.25, -0.2) is 14.8 Å². The van der Waals surface area contributed by atoms with Crippen molar-refractivity contribution in [1.29, 1.82) is 0 Å². The first kappa shape index (κ1) is 26.9. The van der Waals surface area contributed by atoms with Crippen molar-refractivity contribution in [2.75, 3.05) is 19.0 Å². The number of carbonyl (C=O) groups is 1. The highest BCUT2D eigenvalue weighted by atomic mass is 19.4. The number of halogens is 3. The third-order valence-electron chi connectivity index (χ3n) is 6.82. The number of anilines is 1. The number of hydrogen-bond acceptors (Lipinski definition) is 7. The maximum atomic E-state index is 13.3. The van der Waals surface area contributed by atoms with Crippen molar-refractivity contribution in [2.45, 2.75) is 50.9 Å². The summed E-state index contributed by atoms with van der Waals surface area (Å²) in [7, 11) is 1.53. The highest BCUT2D eigenvalue weighted by Gasteiger charge is 2.34. The summed E-state index contributed by atoms with van der Waals surface area (Å²) < 4.78 is 45.5. The van der Waals surface area contributed by atoms with Crippen molar-refractivity contribution in [2.24, 2.45) is 0 Å². The summed E-state index contributed by atoms with van der Waals surface area (Å²) in [6.45, 7) is 3.84. The van der Waals surface area contributed by atoms with E-state index in [1.165, 1.54) is 12.0 Å². The van der Waals surface area contributed by atoms with E-state index in [9.17, 15) is 33.2 Å². The Hall–Kier alpha value is -4.16. The molecule has 2 heterocycles. The lowest BCUT2D eigenvalue weighted by atomic mass is 9.85. The summed E-state index contributed by atoms with van der Waals surface area (Å²) in [5.41, 5.74) is -0.267. The molecule has 4 rings (SSSR count). The Morgan fingerprint density at radius 2 is 2.03 bits per heavy atom. The Morgan fingerprint density at radius 1 is 1.29 bits per heavy atom. The monoisotopic (exact) mass is 533 g/mol. The zero-order valence-electron chi connectivity index (χ0n) is 20.8. The lowest BCUT2D eigenvalue weighted by Crippen LogP contribution is -2.43. The van der Waals surface area contributed by atoms with Crippen molar-refractivity contribution < 1.29 is 32.7 Å². The lowest BCUT2D eigenvalue weighted by Gasteiger charge is -2.36. The molecule has 1 saturated heterocycles. The number of alkyl halides is 3. The van der Waals surface area contributed by atoms with E-state index in [1.807, 2.05) is 13.0 Å². The van der Waals surface area contributed by atoms with Crippen molar-refractivity contribution in [1.82, 2.24) is 14.9 Å². The topological polar surface area (TPSA) is 131 Å². The zero-order valence-corrected chi connectivity index (χ0v) is 20.8. The second-order valence-electron chi connectivity index (χ2n) is 9.33. The molecule has 1 aliphatic rings. The molecule has 1 aliphatic heterocycles. The van der Waals surface area contributed by atoms with Crippen LogP contribution in [0.3, 0.4) is 0 Å². The van der Waals surface area contributed by atoms with Gasteiger partial charge in [-0.3, -0.25) is 10.1 Å². The van der Waals surface area contributed by atoms with Crippen LogP contribution in [0.25, 0.3) is 10.9 Å². The van der Waals surface area contributed by atoms with Crippen LogP contribution in [0.4, 0.5) is 29.6 Å². The van der Waals surface area contributed by atoms with Crippen LogP contribution in [-0.4, -0.2) is 50.7 Å². The predicted molar refractivity (Wildman–Crippen MR) is 132 cm³/mol. The number of carboxylic acid groups (broad SMARTS) is 1. The number of nitro benzene ring substituents is 1. The van der Waals surface area contributed by atoms with Crippen LogP contribution in [0.2, 0.25) is 0 Å². The number of ether oxygens (including phenoxy) is 1. The predicted octanol–water partition coefficient (Wildman–Crippen LogP) is 5.98. The number of nitrogens with one attached hydrogen (secondary N) is 1. The fourth-order valence-corrected chi connectivity index (χ4v) is 4.81. The molecule has 0 bridgehead atoms. The average molecular weight is 534 g/mol. The quantitative estimate of drug-likeness (QED) is 0.292. The van der Waals surface area contributed by atoms with Gasteiger partial charge in [0.25, 0.3) is 5.69 Å². The van der Waals surface area contributed by atoms with Crippen molar-refractivity contribution in [3.63, 3.8) is 0 Å². The van der Waals surface area contributed by atoms with Gasteiger partial charge in [0, 0.05) is 42.4 Å². The van der Waals surface area contributed by atoms with Gasteiger partial charge in [0.15, 0.2) is 0 Å². The van der Waals surface area contributed by atoms with Gasteiger partial charge in [-0.05, 0) is 55.9 Å². The Bertz CT molecular complexity index is 1380. The third-order valence-corrected chi connectivity index (χ3v) is 6.82. The molecule has 0 spiro atoms. The third kappa shape index (κ3) is 5.55. The number of nitro groups is 1. The SMILES string of the molecule is COc1cc2nc(NC(C)c3cc([N+](=O)[O-])cc(C(F)(F)F)c3)ncc2cc1C1CCN(C(=O)O)C(C)C1. The second kappa shape index (κ2) is 10.3. The van der Waals surface area contributed by atoms with Gasteiger partial charge in [0.05, 0.1) is 29.2 Å². The summed E-state index contributed by atoms with van der Waals surface area (Å²) in [4.78, 5) is 31.9. The molecule has 0 saturated carbocycles. The number of fused-ring (bicyclic) bond motifs is 1. The molecule has 3 aromatic rings. The number of hydrogen-bond donors (Lipinski definition) is 2. The average Bonchev–Trinajstić information content (AvgIpc) is 2.86. The molecule has 3 atom stereocenters. The Labute approximate surface area is 215 Å². The minimum atomic E-state index is -4.74. The van der Waals surface area contributed by atoms with E-state index in [2.05, 4.69) is 15.3 Å². The molecule has 2 aromatic carbocycles. The number of likely N-dealkylation sites (tertiary alicyclic amines) is 1. The fourth-order valence-electron chi connectivity index (χ4n) is 4.81. The second-order valence-corrected chi connectivity index (χ2v) is 9.33. The minimum Gasteiger partial charge on any atom is -0.496 e. The summed E-state index contributed by atoms with van der Waals surface area (Å²) in [6, 6.07) is 5.17. The van der Waals surface area contributed by atoms with Crippen LogP contribution >= 0.6 is 0 Å². The van der Waals surface area contributed by atoms with Crippen LogP contribution in [0, 0.1) is 10.1 Å². The number of nitrogens with zero attached hydrogens (tertiary/aromatic N) is 4. The van der Waals surface area contributed by atoms with Gasteiger partial charge in [-0.2, -0.15) is 13.2 Å². The van der Waals surface area contributed by atoms with Crippen LogP contribution in [0.5, 0.6) is 5.75 Å². The molecule has 1 fully saturated rings. The van der Waals surface area contributed by atoms with Gasteiger partial charge in [-0.15, -0.1) is 0 Å². The maximum absolute atomic E-state index is 13.3. The molecule has 38 heavy (non-hydrogen) atoms. The minimum absolute atomic E-state index is 0.0602. The van der Waals surface area contributed by atoms with Crippen molar-refractivity contribution in [3.05, 3.63) is 63.3 Å². The number of benzene rings is 2. The van der Waals surface area contributed by atoms with E-state index in [0.29, 0.717) is 42.1 Å². The molecule has 3 unspecified atom stereocenters. The maximum Gasteiger partial charge on any atom is 0.416 e. The van der Waals surface area contributed by atoms with E-state index in [-0.39, 0.29) is 23.5 Å². The highest BCUT2D eigenvalue weighted by molar-refractivity contribution is 5.82. The van der Waals surface area contributed by atoms with E-state index in [0.717, 1.165) is 17.7 Å². The van der Waals surface area contributed by atoms with Gasteiger partial charge in [-0.1, -0.05) is 0 Å². The van der Waals surface area contributed by atoms with E-state index in [4.69, 9.17) is 4.74 Å². The summed E-state index contributed by atoms with van der Waals surface area (Å²) in [5, 5.41) is 24.2. The number of piperidine rings is 1. The first-order valence-electron chi connectivity index (χ1n) is 11.8. The summed E-state index contributed by atoms with van der Waals surface area (Å²) in [5.74, 6) is 0.794. The Morgan fingerprint density at radius 3 is 2.63 bits per heavy atom. The molecule has 10 nitrogen and oxygen atoms in total. The molecular weight excluding hydrogens is 507 g/mol. The summed E-state index contributed by atoms with van der Waals surface area (Å²) >= 11 is 0. The van der Waals surface area contributed by atoms with Gasteiger partial charge in [0.2, 0.25) is 5.95 Å². The number of non-ortho nitro benzene ring substituents is 1. The number of rotatable bonds is 6. The Balaban J connectivity index is 1.60. The van der Waals surface area contributed by atoms with Crippen LogP contribution in [0.15, 0.2) is 36.5 Å². The molecular formula is C25H26F3N5O5. The normalized spacial score (nSPS) is 18.7. The number of amides is 1. The van der Waals surface area contributed by atoms with Crippen molar-refractivity contribution >= 4 is 28.6 Å². The van der Waals surface area contributed by atoms with Crippen LogP contribution in [0.1, 0.15) is 55.3 Å². The van der Waals surface area contributed by atoms with E-state index < -0.39 is 34.5 Å². The summed E-state index contributed by atoms with van der Waals surface area (Å²) in [6.07, 6.45) is -2.83. The highest BCUT2D eigenvalue weighted by Crippen LogP contribution is 2.39. The largest absolute Gasteiger partial charge is 0.496 e. The zero-order chi connectivity index (χ0) is 27.8. The first-order valence-corrected chi connectivity index (χ1v) is 11.8. The molecule has 2 N–H and O–H groups in total. The molecule has 0 radical (unpaired) electrons. The molecule has 1 amide bonds. The molecule has 0 aliphatic carbocycles. The molecule has 1 aromatic heterocycles. The van der Waals surface area contributed by atoms with Crippen LogP contribution < -0.4 is 10.1 Å². The van der Waals surface area contributed by atoms with Crippen LogP contribution in [-0.2, 0) is 6.18 Å². The first-order chi connectivity index (χ1) is 17.9. The standard InChI is InChI=1S/C25H26F3N5O5/c1-13-6-15(4-5-32(13)24(34)35)20-9-17-12-29-23(31-21(17)11-22(20)38-3)30-14(2)16-7-18(25(26,27)28)10-19(8-16)33(36)37/h7-15H,4-6H2,1-3H3,(H,34,35)(H,29,30,31). The fraction of sp³-hybridized carbons (Fsp3) is 0.400. The van der Waals surface area contributed by atoms with E-state index >= 15 is 0 Å². The molecule has 13 heteroatoms. The van der Waals surface area contributed by atoms with Crippen molar-refractivity contribution in [3.8, 4) is 5.75 Å². The number of aromatic nitrogens is 2. The Kier molecular flexibility index (Phi) is 7.29. The van der Waals surface area contributed by atoms with Gasteiger partial charge < -0.3 is 20.1 Å². The van der Waals surface area contributed by atoms with Gasteiger partial charge >= 0.3 is 12.3 Å². The lowest BCUT2D eigenvalue weighted by molar-refractivity contribution is -0.385. The smallest absolute Gasteiger partial charge is 0.416 e. The molecule has 202 valence electrons.